The summed E-state index contributed by atoms with van der Waals surface area (Å²) in [4.78, 5) is 0. The van der Waals surface area contributed by atoms with Crippen LogP contribution in [0.3, 0.4) is 0 Å². The Morgan fingerprint density at radius 2 is 2.07 bits per heavy atom. The predicted molar refractivity (Wildman–Crippen MR) is 52.8 cm³/mol. The molecule has 14 heavy (non-hydrogen) atoms. The van der Waals surface area contributed by atoms with Crippen molar-refractivity contribution >= 4 is 0 Å². The van der Waals surface area contributed by atoms with Crippen molar-refractivity contribution in [1.82, 2.24) is 14.8 Å². The van der Waals surface area contributed by atoms with Crippen molar-refractivity contribution in [3.05, 3.63) is 11.6 Å². The Kier molecular flexibility index (Phi) is 2.82. The summed E-state index contributed by atoms with van der Waals surface area (Å²) in [5.74, 6) is 1.79. The van der Waals surface area contributed by atoms with Crippen LogP contribution in [0.1, 0.15) is 50.3 Å². The topological polar surface area (TPSA) is 50.9 Å². The van der Waals surface area contributed by atoms with E-state index in [0.29, 0.717) is 6.04 Å². The first-order chi connectivity index (χ1) is 6.86. The molecular weight excluding hydrogens is 178 g/mol. The second-order valence-corrected chi connectivity index (χ2v) is 3.90. The molecule has 1 aliphatic rings. The highest BCUT2D eigenvalue weighted by Gasteiger charge is 2.28. The first-order valence-electron chi connectivity index (χ1n) is 5.40. The van der Waals surface area contributed by atoms with E-state index in [2.05, 4.69) is 21.7 Å². The summed E-state index contributed by atoms with van der Waals surface area (Å²) < 4.78 is 2.13. The van der Waals surface area contributed by atoms with E-state index >= 15 is 0 Å². The Bertz CT molecular complexity index is 304. The van der Waals surface area contributed by atoms with Gasteiger partial charge in [0.25, 0.3) is 0 Å². The minimum absolute atomic E-state index is 0.00955. The Morgan fingerprint density at radius 1 is 1.36 bits per heavy atom. The second-order valence-electron chi connectivity index (χ2n) is 3.90. The molecule has 0 amide bonds. The molecule has 1 saturated carbocycles. The first-order valence-corrected chi connectivity index (χ1v) is 5.40. The number of unbranched alkanes of at least 4 members (excludes halogenated alkanes) is 1. The molecule has 0 unspecified atom stereocenters. The molecule has 1 aliphatic carbocycles. The summed E-state index contributed by atoms with van der Waals surface area (Å²) in [5.41, 5.74) is 0. The highest BCUT2D eigenvalue weighted by Crippen LogP contribution is 2.36. The molecule has 78 valence electrons. The third-order valence-corrected chi connectivity index (χ3v) is 2.64. The standard InChI is InChI=1S/C10H17N3O/c1-2-3-4-9-11-12-10(7-14)13(9)8-5-6-8/h8,14H,2-7H2,1H3. The van der Waals surface area contributed by atoms with Gasteiger partial charge in [-0.1, -0.05) is 13.3 Å². The number of aliphatic hydroxyl groups excluding tert-OH is 1. The van der Waals surface area contributed by atoms with Crippen LogP contribution in [0.25, 0.3) is 0 Å². The van der Waals surface area contributed by atoms with E-state index in [4.69, 9.17) is 5.11 Å². The van der Waals surface area contributed by atoms with Crippen LogP contribution in [0.15, 0.2) is 0 Å². The van der Waals surface area contributed by atoms with Gasteiger partial charge >= 0.3 is 0 Å². The number of hydrogen-bond donors (Lipinski definition) is 1. The zero-order valence-corrected chi connectivity index (χ0v) is 8.61. The highest BCUT2D eigenvalue weighted by atomic mass is 16.3. The zero-order valence-electron chi connectivity index (χ0n) is 8.61. The van der Waals surface area contributed by atoms with Gasteiger partial charge in [0.15, 0.2) is 5.82 Å². The molecule has 2 rings (SSSR count). The molecule has 0 radical (unpaired) electrons. The molecule has 1 N–H and O–H groups in total. The van der Waals surface area contributed by atoms with E-state index in [1.807, 2.05) is 0 Å². The normalized spacial score (nSPS) is 16.1. The molecule has 1 aromatic heterocycles. The SMILES string of the molecule is CCCCc1nnc(CO)n1C1CC1. The maximum Gasteiger partial charge on any atom is 0.159 e. The Labute approximate surface area is 84.0 Å². The number of aryl methyl sites for hydroxylation is 1. The largest absolute Gasteiger partial charge is 0.388 e. The molecule has 0 aliphatic heterocycles. The molecule has 0 spiro atoms. The lowest BCUT2D eigenvalue weighted by Gasteiger charge is -2.06. The van der Waals surface area contributed by atoms with Crippen molar-refractivity contribution < 1.29 is 5.11 Å². The highest BCUT2D eigenvalue weighted by molar-refractivity contribution is 5.02. The molecule has 4 nitrogen and oxygen atoms in total. The van der Waals surface area contributed by atoms with Crippen LogP contribution < -0.4 is 0 Å². The zero-order chi connectivity index (χ0) is 9.97. The third-order valence-electron chi connectivity index (χ3n) is 2.64. The van der Waals surface area contributed by atoms with Gasteiger partial charge in [-0.25, -0.2) is 0 Å². The molecule has 0 saturated heterocycles. The first kappa shape index (κ1) is 9.65. The minimum Gasteiger partial charge on any atom is -0.388 e. The van der Waals surface area contributed by atoms with E-state index < -0.39 is 0 Å². The molecule has 1 heterocycles. The van der Waals surface area contributed by atoms with Crippen LogP contribution in [0.5, 0.6) is 0 Å². The summed E-state index contributed by atoms with van der Waals surface area (Å²) in [5, 5.41) is 17.3. The van der Waals surface area contributed by atoms with Crippen molar-refractivity contribution in [2.75, 3.05) is 0 Å². The Morgan fingerprint density at radius 3 is 2.64 bits per heavy atom. The van der Waals surface area contributed by atoms with Gasteiger partial charge < -0.3 is 9.67 Å². The molecule has 0 bridgehead atoms. The van der Waals surface area contributed by atoms with Crippen molar-refractivity contribution in [2.24, 2.45) is 0 Å². The maximum atomic E-state index is 9.11. The van der Waals surface area contributed by atoms with Crippen LogP contribution in [0.2, 0.25) is 0 Å². The molecule has 1 fully saturated rings. The van der Waals surface area contributed by atoms with Crippen LogP contribution >= 0.6 is 0 Å². The molecule has 1 aromatic rings. The maximum absolute atomic E-state index is 9.11. The van der Waals surface area contributed by atoms with E-state index in [1.54, 1.807) is 0 Å². The van der Waals surface area contributed by atoms with Gasteiger partial charge in [0.1, 0.15) is 12.4 Å². The Hall–Kier alpha value is -0.900. The van der Waals surface area contributed by atoms with E-state index in [0.717, 1.165) is 24.5 Å². The summed E-state index contributed by atoms with van der Waals surface area (Å²) >= 11 is 0. The van der Waals surface area contributed by atoms with Crippen LogP contribution in [-0.2, 0) is 13.0 Å². The van der Waals surface area contributed by atoms with Gasteiger partial charge in [0.2, 0.25) is 0 Å². The number of aromatic nitrogens is 3. The number of nitrogens with zero attached hydrogens (tertiary/aromatic N) is 3. The minimum atomic E-state index is 0.00955. The molecule has 0 atom stereocenters. The summed E-state index contributed by atoms with van der Waals surface area (Å²) in [6.45, 7) is 2.18. The van der Waals surface area contributed by atoms with E-state index in [1.165, 1.54) is 19.3 Å². The number of aliphatic hydroxyl groups is 1. The average molecular weight is 195 g/mol. The third kappa shape index (κ3) is 1.80. The van der Waals surface area contributed by atoms with Crippen molar-refractivity contribution in [3.8, 4) is 0 Å². The summed E-state index contributed by atoms with van der Waals surface area (Å²) in [6, 6.07) is 0.569. The van der Waals surface area contributed by atoms with Gasteiger partial charge in [-0.2, -0.15) is 0 Å². The molecule has 0 aromatic carbocycles. The second kappa shape index (κ2) is 4.09. The summed E-state index contributed by atoms with van der Waals surface area (Å²) in [6.07, 6.45) is 5.73. The summed E-state index contributed by atoms with van der Waals surface area (Å²) in [7, 11) is 0. The number of rotatable bonds is 5. The van der Waals surface area contributed by atoms with Crippen LogP contribution in [0.4, 0.5) is 0 Å². The van der Waals surface area contributed by atoms with Gasteiger partial charge in [-0.15, -0.1) is 10.2 Å². The van der Waals surface area contributed by atoms with Crippen LogP contribution in [0, 0.1) is 0 Å². The monoisotopic (exact) mass is 195 g/mol. The van der Waals surface area contributed by atoms with Gasteiger partial charge in [0.05, 0.1) is 0 Å². The van der Waals surface area contributed by atoms with Gasteiger partial charge in [0, 0.05) is 12.5 Å². The molecule has 4 heteroatoms. The Balaban J connectivity index is 2.16. The fourth-order valence-electron chi connectivity index (χ4n) is 1.73. The van der Waals surface area contributed by atoms with Crippen LogP contribution in [-0.4, -0.2) is 19.9 Å². The number of hydrogen-bond acceptors (Lipinski definition) is 3. The smallest absolute Gasteiger partial charge is 0.159 e. The quantitative estimate of drug-likeness (QED) is 0.773. The van der Waals surface area contributed by atoms with Gasteiger partial charge in [-0.05, 0) is 19.3 Å². The van der Waals surface area contributed by atoms with Crippen molar-refractivity contribution in [2.45, 2.75) is 51.7 Å². The fourth-order valence-corrected chi connectivity index (χ4v) is 1.73. The lowest BCUT2D eigenvalue weighted by atomic mass is 10.2. The average Bonchev–Trinajstić information content (AvgIpc) is 2.96. The lowest BCUT2D eigenvalue weighted by Crippen LogP contribution is -2.06. The van der Waals surface area contributed by atoms with Gasteiger partial charge in [-0.3, -0.25) is 0 Å². The van der Waals surface area contributed by atoms with E-state index in [9.17, 15) is 0 Å². The predicted octanol–water partition coefficient (Wildman–Crippen LogP) is 1.45. The lowest BCUT2D eigenvalue weighted by molar-refractivity contribution is 0.264. The molecular formula is C10H17N3O. The van der Waals surface area contributed by atoms with E-state index in [-0.39, 0.29) is 6.61 Å². The van der Waals surface area contributed by atoms with Crippen molar-refractivity contribution in [1.29, 1.82) is 0 Å². The van der Waals surface area contributed by atoms with Crippen molar-refractivity contribution in [3.63, 3.8) is 0 Å². The fraction of sp³-hybridized carbons (Fsp3) is 0.800.